The predicted octanol–water partition coefficient (Wildman–Crippen LogP) is 5.54. The standard InChI is InChI=1S/C28H20N8Si.C2H3N/c1-5-21-9-17-33(25(21)29-13-1)37(34-18-10-22-6-2-14-30-26(22)34,35-19-11-23-7-3-15-31-27(23)35)36-20-12-24-8-4-16-32-28(24)36;1-2-3/h1-20H;1H3. The number of nitriles is 1. The second kappa shape index (κ2) is 9.34. The Hall–Kier alpha value is -5.53. The van der Waals surface area contributed by atoms with E-state index in [-0.39, 0.29) is 0 Å². The fourth-order valence-electron chi connectivity index (χ4n) is 5.53. The van der Waals surface area contributed by atoms with Crippen LogP contribution in [0.15, 0.2) is 122 Å². The van der Waals surface area contributed by atoms with Crippen LogP contribution < -0.4 is 0 Å². The molecule has 192 valence electrons. The number of nitrogens with zero attached hydrogens (tertiary/aromatic N) is 9. The average molecular weight is 538 g/mol. The first-order valence-corrected chi connectivity index (χ1v) is 14.6. The number of hydrogen-bond acceptors (Lipinski definition) is 5. The Morgan fingerprint density at radius 3 is 1.00 bits per heavy atom. The van der Waals surface area contributed by atoms with E-state index in [1.807, 2.05) is 49.1 Å². The van der Waals surface area contributed by atoms with E-state index in [1.54, 1.807) is 6.07 Å². The molecule has 8 heterocycles. The summed E-state index contributed by atoms with van der Waals surface area (Å²) in [5, 5.41) is 11.6. The molecule has 8 rings (SSSR count). The van der Waals surface area contributed by atoms with Crippen LogP contribution in [0, 0.1) is 11.3 Å². The Bertz CT molecular complexity index is 1870. The molecule has 0 saturated carbocycles. The summed E-state index contributed by atoms with van der Waals surface area (Å²) in [6.45, 7) is 1.43. The Labute approximate surface area is 230 Å². The van der Waals surface area contributed by atoms with Crippen molar-refractivity contribution in [1.82, 2.24) is 36.9 Å². The lowest BCUT2D eigenvalue weighted by atomic mass is 10.3. The smallest absolute Gasteiger partial charge is 0.306 e. The van der Waals surface area contributed by atoms with Crippen LogP contribution in [0.1, 0.15) is 6.92 Å². The maximum Gasteiger partial charge on any atom is 0.524 e. The zero-order valence-electron chi connectivity index (χ0n) is 21.6. The molecule has 9 nitrogen and oxygen atoms in total. The molecule has 8 aromatic rings. The second-order valence-corrected chi connectivity index (χ2v) is 12.4. The number of aromatic nitrogens is 8. The third-order valence-corrected chi connectivity index (χ3v) is 11.1. The Balaban J connectivity index is 0.000000846. The highest BCUT2D eigenvalue weighted by molar-refractivity contribution is 6.76. The number of fused-ring (bicyclic) bond motifs is 4. The van der Waals surface area contributed by atoms with Gasteiger partial charge in [0.2, 0.25) is 0 Å². The van der Waals surface area contributed by atoms with Gasteiger partial charge in [-0.05, 0) is 72.8 Å². The molecule has 10 heteroatoms. The lowest BCUT2D eigenvalue weighted by Crippen LogP contribution is -2.63. The van der Waals surface area contributed by atoms with Crippen molar-refractivity contribution in [3.05, 3.63) is 122 Å². The topological polar surface area (TPSA) is 95.1 Å². The molecule has 0 aliphatic rings. The lowest BCUT2D eigenvalue weighted by Gasteiger charge is -2.36. The minimum atomic E-state index is -3.33. The van der Waals surface area contributed by atoms with Gasteiger partial charge in [-0.2, -0.15) is 5.26 Å². The molecule has 0 fully saturated rings. The van der Waals surface area contributed by atoms with Gasteiger partial charge in [-0.3, -0.25) is 0 Å². The van der Waals surface area contributed by atoms with E-state index < -0.39 is 8.72 Å². The fourth-order valence-corrected chi connectivity index (χ4v) is 9.90. The quantitative estimate of drug-likeness (QED) is 0.275. The first-order chi connectivity index (χ1) is 19.8. The molecule has 0 unspecified atom stereocenters. The average Bonchev–Trinajstić information content (AvgIpc) is 3.80. The maximum atomic E-state index is 7.32. The largest absolute Gasteiger partial charge is 0.524 e. The van der Waals surface area contributed by atoms with Gasteiger partial charge < -0.3 is 16.9 Å². The van der Waals surface area contributed by atoms with Gasteiger partial charge in [-0.15, -0.1) is 0 Å². The third-order valence-electron chi connectivity index (χ3n) is 7.09. The third kappa shape index (κ3) is 3.32. The summed E-state index contributed by atoms with van der Waals surface area (Å²) in [6.07, 6.45) is 16.0. The molecule has 0 bridgehead atoms. The molecule has 40 heavy (non-hydrogen) atoms. The number of pyridine rings is 4. The highest BCUT2D eigenvalue weighted by atomic mass is 28.4. The highest BCUT2D eigenvalue weighted by Gasteiger charge is 2.49. The zero-order valence-corrected chi connectivity index (χ0v) is 22.6. The van der Waals surface area contributed by atoms with Crippen molar-refractivity contribution in [2.45, 2.75) is 6.92 Å². The Kier molecular flexibility index (Phi) is 5.50. The molecule has 0 amide bonds. The molecule has 0 radical (unpaired) electrons. The van der Waals surface area contributed by atoms with Crippen LogP contribution in [-0.4, -0.2) is 45.6 Å². The predicted molar refractivity (Wildman–Crippen MR) is 158 cm³/mol. The van der Waals surface area contributed by atoms with Crippen LogP contribution in [0.3, 0.4) is 0 Å². The molecule has 0 N–H and O–H groups in total. The second-order valence-electron chi connectivity index (χ2n) is 9.23. The molecule has 0 aromatic carbocycles. The van der Waals surface area contributed by atoms with Crippen molar-refractivity contribution in [1.29, 1.82) is 5.26 Å². The van der Waals surface area contributed by atoms with Crippen LogP contribution in [0.25, 0.3) is 44.1 Å². The summed E-state index contributed by atoms with van der Waals surface area (Å²) >= 11 is 0. The first-order valence-electron chi connectivity index (χ1n) is 12.8. The van der Waals surface area contributed by atoms with Gasteiger partial charge >= 0.3 is 8.72 Å². The number of rotatable bonds is 4. The van der Waals surface area contributed by atoms with Gasteiger partial charge in [0.25, 0.3) is 0 Å². The summed E-state index contributed by atoms with van der Waals surface area (Å²) in [5.41, 5.74) is 3.56. The van der Waals surface area contributed by atoms with Crippen LogP contribution >= 0.6 is 0 Å². The fraction of sp³-hybridized carbons (Fsp3) is 0.0333. The van der Waals surface area contributed by atoms with Gasteiger partial charge in [0, 0.05) is 78.0 Å². The van der Waals surface area contributed by atoms with Gasteiger partial charge in [0.1, 0.15) is 22.6 Å². The van der Waals surface area contributed by atoms with Crippen LogP contribution in [0.4, 0.5) is 0 Å². The molecular formula is C30H23N9Si. The van der Waals surface area contributed by atoms with E-state index in [4.69, 9.17) is 25.2 Å². The monoisotopic (exact) mass is 537 g/mol. The van der Waals surface area contributed by atoms with E-state index in [9.17, 15) is 0 Å². The first kappa shape index (κ1) is 23.6. The number of hydrogen-bond donors (Lipinski definition) is 0. The summed E-state index contributed by atoms with van der Waals surface area (Å²) in [5.74, 6) is 0. The summed E-state index contributed by atoms with van der Waals surface area (Å²) in [4.78, 5) is 19.5. The molecule has 0 saturated heterocycles. The van der Waals surface area contributed by atoms with Crippen molar-refractivity contribution in [3.63, 3.8) is 0 Å². The van der Waals surface area contributed by atoms with Crippen molar-refractivity contribution in [3.8, 4) is 6.07 Å². The van der Waals surface area contributed by atoms with E-state index in [1.165, 1.54) is 6.92 Å². The van der Waals surface area contributed by atoms with Gasteiger partial charge in [-0.25, -0.2) is 19.9 Å². The molecule has 8 aromatic heterocycles. The van der Waals surface area contributed by atoms with E-state index in [0.29, 0.717) is 0 Å². The minimum Gasteiger partial charge on any atom is -0.306 e. The normalized spacial score (nSPS) is 11.6. The molecular weight excluding hydrogens is 514 g/mol. The summed E-state index contributed by atoms with van der Waals surface area (Å²) < 4.78 is 9.27. The SMILES string of the molecule is CC#N.c1cnc2c(c1)ccn2[Si](n1ccc2cccnc21)(n1ccc2cccnc21)n1ccc2cccnc21. The van der Waals surface area contributed by atoms with Gasteiger partial charge in [0.05, 0.1) is 6.07 Å². The van der Waals surface area contributed by atoms with Crippen molar-refractivity contribution >= 4 is 52.9 Å². The van der Waals surface area contributed by atoms with Crippen LogP contribution in [0.2, 0.25) is 0 Å². The maximum absolute atomic E-state index is 7.32. The van der Waals surface area contributed by atoms with E-state index >= 15 is 0 Å². The summed E-state index contributed by atoms with van der Waals surface area (Å²) in [6, 6.07) is 26.5. The van der Waals surface area contributed by atoms with Crippen molar-refractivity contribution in [2.24, 2.45) is 0 Å². The van der Waals surface area contributed by atoms with Crippen molar-refractivity contribution < 1.29 is 0 Å². The molecule has 0 aliphatic carbocycles. The van der Waals surface area contributed by atoms with E-state index in [2.05, 4.69) is 90.2 Å². The summed E-state index contributed by atoms with van der Waals surface area (Å²) in [7, 11) is -3.33. The highest BCUT2D eigenvalue weighted by Crippen LogP contribution is 2.31. The van der Waals surface area contributed by atoms with Gasteiger partial charge in [-0.1, -0.05) is 0 Å². The Morgan fingerprint density at radius 1 is 0.500 bits per heavy atom. The van der Waals surface area contributed by atoms with E-state index in [0.717, 1.165) is 44.1 Å². The zero-order chi connectivity index (χ0) is 27.1. The molecule has 0 aliphatic heterocycles. The van der Waals surface area contributed by atoms with Crippen LogP contribution in [-0.2, 0) is 0 Å². The molecule has 0 atom stereocenters. The van der Waals surface area contributed by atoms with Crippen molar-refractivity contribution in [2.75, 3.05) is 0 Å². The molecule has 0 spiro atoms. The minimum absolute atomic E-state index is 0.891. The van der Waals surface area contributed by atoms with Gasteiger partial charge in [0.15, 0.2) is 0 Å². The van der Waals surface area contributed by atoms with Crippen LogP contribution in [0.5, 0.6) is 0 Å². The Morgan fingerprint density at radius 2 is 0.750 bits per heavy atom. The lowest BCUT2D eigenvalue weighted by molar-refractivity contribution is 0.850.